The number of thiazole rings is 1. The van der Waals surface area contributed by atoms with Gasteiger partial charge in [0.15, 0.2) is 10.8 Å². The zero-order valence-corrected chi connectivity index (χ0v) is 15.0. The van der Waals surface area contributed by atoms with E-state index in [9.17, 15) is 4.79 Å². The molecule has 4 rings (SSSR count). The first kappa shape index (κ1) is 16.8. The van der Waals surface area contributed by atoms with Crippen LogP contribution < -0.4 is 10.1 Å². The predicted molar refractivity (Wildman–Crippen MR) is 101 cm³/mol. The molecule has 0 radical (unpaired) electrons. The summed E-state index contributed by atoms with van der Waals surface area (Å²) < 4.78 is 6.83. The number of aromatic carboxylic acids is 1. The van der Waals surface area contributed by atoms with E-state index < -0.39 is 5.97 Å². The van der Waals surface area contributed by atoms with Gasteiger partial charge in [-0.05, 0) is 31.0 Å². The minimum Gasteiger partial charge on any atom is -0.477 e. The van der Waals surface area contributed by atoms with Crippen molar-refractivity contribution in [3.05, 3.63) is 42.2 Å². The van der Waals surface area contributed by atoms with Gasteiger partial charge >= 0.3 is 5.97 Å². The SMILES string of the molecule is O=C(O)c1cc(Oc2ccc3nc(NC4CCCCC4)sc3c2)ccn1. The van der Waals surface area contributed by atoms with Crippen LogP contribution in [0.25, 0.3) is 10.2 Å². The zero-order valence-electron chi connectivity index (χ0n) is 14.1. The van der Waals surface area contributed by atoms with Crippen LogP contribution in [0.15, 0.2) is 36.5 Å². The number of pyridine rings is 1. The second-order valence-electron chi connectivity index (χ2n) is 6.41. The topological polar surface area (TPSA) is 84.3 Å². The van der Waals surface area contributed by atoms with Gasteiger partial charge in [-0.2, -0.15) is 0 Å². The van der Waals surface area contributed by atoms with E-state index in [1.165, 1.54) is 44.4 Å². The van der Waals surface area contributed by atoms with Crippen LogP contribution in [-0.2, 0) is 0 Å². The molecule has 2 N–H and O–H groups in total. The van der Waals surface area contributed by atoms with Crippen LogP contribution in [0.3, 0.4) is 0 Å². The number of nitrogens with one attached hydrogen (secondary N) is 1. The van der Waals surface area contributed by atoms with Crippen molar-refractivity contribution in [3.63, 3.8) is 0 Å². The second kappa shape index (κ2) is 7.29. The molecule has 2 aromatic heterocycles. The number of carboxylic acids is 1. The van der Waals surface area contributed by atoms with Crippen LogP contribution in [0.1, 0.15) is 42.6 Å². The summed E-state index contributed by atoms with van der Waals surface area (Å²) in [4.78, 5) is 19.5. The number of carbonyl (C=O) groups is 1. The molecule has 2 heterocycles. The van der Waals surface area contributed by atoms with E-state index in [4.69, 9.17) is 9.84 Å². The van der Waals surface area contributed by atoms with E-state index in [1.54, 1.807) is 17.4 Å². The van der Waals surface area contributed by atoms with Crippen molar-refractivity contribution in [1.82, 2.24) is 9.97 Å². The summed E-state index contributed by atoms with van der Waals surface area (Å²) in [5, 5.41) is 13.5. The Balaban J connectivity index is 1.52. The minimum atomic E-state index is -1.08. The maximum Gasteiger partial charge on any atom is 0.354 e. The molecule has 0 bridgehead atoms. The fourth-order valence-corrected chi connectivity index (χ4v) is 4.15. The molecule has 1 saturated carbocycles. The summed E-state index contributed by atoms with van der Waals surface area (Å²) in [6.45, 7) is 0. The van der Waals surface area contributed by atoms with Gasteiger partial charge in [0.2, 0.25) is 0 Å². The van der Waals surface area contributed by atoms with Crippen LogP contribution >= 0.6 is 11.3 Å². The molecule has 1 aliphatic rings. The van der Waals surface area contributed by atoms with E-state index in [0.717, 1.165) is 15.3 Å². The maximum absolute atomic E-state index is 11.0. The Labute approximate surface area is 154 Å². The molecule has 0 spiro atoms. The third kappa shape index (κ3) is 3.77. The lowest BCUT2D eigenvalue weighted by molar-refractivity contribution is 0.0690. The highest BCUT2D eigenvalue weighted by molar-refractivity contribution is 7.22. The standard InChI is InChI=1S/C19H19N3O3S/c23-18(24)16-10-14(8-9-20-16)25-13-6-7-15-17(11-13)26-19(22-15)21-12-4-2-1-3-5-12/h6-12H,1-5H2,(H,21,22)(H,23,24). The quantitative estimate of drug-likeness (QED) is 0.663. The average molecular weight is 369 g/mol. The molecule has 0 unspecified atom stereocenters. The number of benzene rings is 1. The average Bonchev–Trinajstić information content (AvgIpc) is 3.04. The predicted octanol–water partition coefficient (Wildman–Crippen LogP) is 4.93. The Hall–Kier alpha value is -2.67. The molecule has 0 atom stereocenters. The number of rotatable bonds is 5. The van der Waals surface area contributed by atoms with E-state index in [1.807, 2.05) is 18.2 Å². The highest BCUT2D eigenvalue weighted by Crippen LogP contribution is 2.32. The van der Waals surface area contributed by atoms with E-state index in [-0.39, 0.29) is 5.69 Å². The number of anilines is 1. The van der Waals surface area contributed by atoms with Gasteiger partial charge in [-0.25, -0.2) is 14.8 Å². The molecule has 134 valence electrons. The smallest absolute Gasteiger partial charge is 0.354 e. The largest absolute Gasteiger partial charge is 0.477 e. The van der Waals surface area contributed by atoms with Gasteiger partial charge in [0, 0.05) is 24.4 Å². The summed E-state index contributed by atoms with van der Waals surface area (Å²) >= 11 is 1.62. The monoisotopic (exact) mass is 369 g/mol. The number of carboxylic acid groups (broad SMARTS) is 1. The number of hydrogen-bond donors (Lipinski definition) is 2. The van der Waals surface area contributed by atoms with Crippen LogP contribution in [0.4, 0.5) is 5.13 Å². The summed E-state index contributed by atoms with van der Waals surface area (Å²) in [5.74, 6) is 0.0153. The van der Waals surface area contributed by atoms with Crippen molar-refractivity contribution in [3.8, 4) is 11.5 Å². The van der Waals surface area contributed by atoms with Crippen molar-refractivity contribution in [1.29, 1.82) is 0 Å². The van der Waals surface area contributed by atoms with Crippen LogP contribution in [-0.4, -0.2) is 27.1 Å². The molecule has 0 amide bonds. The molecule has 3 aromatic rings. The Morgan fingerprint density at radius 1 is 1.15 bits per heavy atom. The molecule has 1 aliphatic carbocycles. The fourth-order valence-electron chi connectivity index (χ4n) is 3.18. The van der Waals surface area contributed by atoms with Gasteiger partial charge < -0.3 is 15.2 Å². The number of ether oxygens (including phenoxy) is 1. The highest BCUT2D eigenvalue weighted by atomic mass is 32.1. The van der Waals surface area contributed by atoms with Gasteiger partial charge in [0.1, 0.15) is 11.5 Å². The van der Waals surface area contributed by atoms with E-state index in [2.05, 4.69) is 15.3 Å². The highest BCUT2D eigenvalue weighted by Gasteiger charge is 2.15. The van der Waals surface area contributed by atoms with Crippen molar-refractivity contribution < 1.29 is 14.6 Å². The van der Waals surface area contributed by atoms with Crippen LogP contribution in [0, 0.1) is 0 Å². The van der Waals surface area contributed by atoms with Crippen LogP contribution in [0.2, 0.25) is 0 Å². The van der Waals surface area contributed by atoms with Crippen LogP contribution in [0.5, 0.6) is 11.5 Å². The number of hydrogen-bond acceptors (Lipinski definition) is 6. The van der Waals surface area contributed by atoms with Gasteiger partial charge in [-0.1, -0.05) is 30.6 Å². The van der Waals surface area contributed by atoms with Gasteiger partial charge in [-0.15, -0.1) is 0 Å². The summed E-state index contributed by atoms with van der Waals surface area (Å²) in [6, 6.07) is 9.26. The lowest BCUT2D eigenvalue weighted by Gasteiger charge is -2.22. The normalized spacial score (nSPS) is 15.1. The van der Waals surface area contributed by atoms with E-state index >= 15 is 0 Å². The molecule has 1 fully saturated rings. The maximum atomic E-state index is 11.0. The minimum absolute atomic E-state index is 0.0414. The third-order valence-electron chi connectivity index (χ3n) is 4.48. The molecule has 1 aromatic carbocycles. The molecular formula is C19H19N3O3S. The lowest BCUT2D eigenvalue weighted by Crippen LogP contribution is -2.21. The summed E-state index contributed by atoms with van der Waals surface area (Å²) in [5.41, 5.74) is 0.891. The number of fused-ring (bicyclic) bond motifs is 1. The number of nitrogens with zero attached hydrogens (tertiary/aromatic N) is 2. The lowest BCUT2D eigenvalue weighted by atomic mass is 9.96. The van der Waals surface area contributed by atoms with Crippen molar-refractivity contribution in [2.75, 3.05) is 5.32 Å². The summed E-state index contributed by atoms with van der Waals surface area (Å²) in [6.07, 6.45) is 7.74. The van der Waals surface area contributed by atoms with E-state index in [0.29, 0.717) is 17.5 Å². The molecule has 7 heteroatoms. The first-order chi connectivity index (χ1) is 12.7. The first-order valence-corrected chi connectivity index (χ1v) is 9.53. The molecule has 0 saturated heterocycles. The Morgan fingerprint density at radius 2 is 1.96 bits per heavy atom. The third-order valence-corrected chi connectivity index (χ3v) is 5.43. The van der Waals surface area contributed by atoms with Gasteiger partial charge in [0.25, 0.3) is 0 Å². The Morgan fingerprint density at radius 3 is 2.77 bits per heavy atom. The first-order valence-electron chi connectivity index (χ1n) is 8.72. The van der Waals surface area contributed by atoms with Crippen molar-refractivity contribution in [2.24, 2.45) is 0 Å². The van der Waals surface area contributed by atoms with Crippen molar-refractivity contribution >= 4 is 32.7 Å². The molecular weight excluding hydrogens is 350 g/mol. The Kier molecular flexibility index (Phi) is 4.71. The fraction of sp³-hybridized carbons (Fsp3) is 0.316. The molecule has 0 aliphatic heterocycles. The zero-order chi connectivity index (χ0) is 17.9. The number of aromatic nitrogens is 2. The molecule has 6 nitrogen and oxygen atoms in total. The Bertz CT molecular complexity index is 935. The van der Waals surface area contributed by atoms with Crippen molar-refractivity contribution in [2.45, 2.75) is 38.1 Å². The summed E-state index contributed by atoms with van der Waals surface area (Å²) in [7, 11) is 0. The van der Waals surface area contributed by atoms with Gasteiger partial charge in [0.05, 0.1) is 10.2 Å². The second-order valence-corrected chi connectivity index (χ2v) is 7.44. The van der Waals surface area contributed by atoms with Gasteiger partial charge in [-0.3, -0.25) is 0 Å². The molecule has 26 heavy (non-hydrogen) atoms.